The zero-order chi connectivity index (χ0) is 18.7. The number of carbonyl (C=O) groups excluding carboxylic acids is 3. The summed E-state index contributed by atoms with van der Waals surface area (Å²) in [7, 11) is 0. The number of hydrogen-bond donors (Lipinski definition) is 2. The lowest BCUT2D eigenvalue weighted by atomic mass is 10.2. The summed E-state index contributed by atoms with van der Waals surface area (Å²) in [5.74, 6) is -1.39. The predicted octanol–water partition coefficient (Wildman–Crippen LogP) is 3.27. The monoisotopic (exact) mass is 393 g/mol. The first kappa shape index (κ1) is 18.2. The van der Waals surface area contributed by atoms with E-state index >= 15 is 0 Å². The number of imide groups is 1. The summed E-state index contributed by atoms with van der Waals surface area (Å²) < 4.78 is 13.7. The van der Waals surface area contributed by atoms with Crippen LogP contribution in [0.5, 0.6) is 0 Å². The highest BCUT2D eigenvalue weighted by Gasteiger charge is 2.34. The fraction of sp³-hybridized carbons (Fsp3) is 0.118. The Bertz CT molecular complexity index is 912. The molecule has 6 nitrogen and oxygen atoms in total. The number of carbonyl (C=O) groups is 3. The van der Waals surface area contributed by atoms with Gasteiger partial charge in [-0.1, -0.05) is 29.8 Å². The van der Waals surface area contributed by atoms with Crippen LogP contribution in [0, 0.1) is 5.82 Å². The fourth-order valence-electron chi connectivity index (χ4n) is 2.30. The molecule has 26 heavy (non-hydrogen) atoms. The molecule has 0 atom stereocenters. The van der Waals surface area contributed by atoms with Gasteiger partial charge >= 0.3 is 0 Å². The van der Waals surface area contributed by atoms with Crippen LogP contribution in [-0.2, 0) is 4.79 Å². The van der Waals surface area contributed by atoms with Crippen LogP contribution in [0.1, 0.15) is 16.1 Å². The first-order chi connectivity index (χ1) is 12.5. The minimum absolute atomic E-state index is 0.0134. The zero-order valence-corrected chi connectivity index (χ0v) is 14.9. The third-order valence-corrected chi connectivity index (χ3v) is 4.70. The quantitative estimate of drug-likeness (QED) is 0.764. The number of amides is 3. The second-order valence-corrected chi connectivity index (χ2v) is 6.77. The van der Waals surface area contributed by atoms with Crippen LogP contribution in [0.4, 0.5) is 9.18 Å². The number of hydrogen-bond acceptors (Lipinski definition) is 4. The molecule has 0 aliphatic carbocycles. The van der Waals surface area contributed by atoms with Gasteiger partial charge in [0, 0.05) is 24.8 Å². The van der Waals surface area contributed by atoms with E-state index in [-0.39, 0.29) is 29.3 Å². The summed E-state index contributed by atoms with van der Waals surface area (Å²) >= 11 is 6.47. The van der Waals surface area contributed by atoms with Crippen LogP contribution in [-0.4, -0.2) is 40.0 Å². The highest BCUT2D eigenvalue weighted by atomic mass is 35.5. The average Bonchev–Trinajstić information content (AvgIpc) is 3.15. The number of thioether (sulfide) groups is 1. The Kier molecular flexibility index (Phi) is 5.43. The van der Waals surface area contributed by atoms with Gasteiger partial charge in [0.25, 0.3) is 17.1 Å². The molecule has 1 saturated heterocycles. The van der Waals surface area contributed by atoms with Crippen molar-refractivity contribution in [3.63, 3.8) is 0 Å². The molecule has 0 unspecified atom stereocenters. The van der Waals surface area contributed by atoms with Gasteiger partial charge in [0.2, 0.25) is 0 Å². The number of nitrogens with zero attached hydrogens (tertiary/aromatic N) is 1. The van der Waals surface area contributed by atoms with Crippen LogP contribution in [0.15, 0.2) is 41.4 Å². The van der Waals surface area contributed by atoms with Crippen molar-refractivity contribution in [3.05, 3.63) is 63.5 Å². The molecule has 1 fully saturated rings. The Morgan fingerprint density at radius 3 is 2.81 bits per heavy atom. The van der Waals surface area contributed by atoms with E-state index in [1.165, 1.54) is 30.5 Å². The summed E-state index contributed by atoms with van der Waals surface area (Å²) in [6.07, 6.45) is 2.82. The minimum Gasteiger partial charge on any atom is -0.356 e. The summed E-state index contributed by atoms with van der Waals surface area (Å²) in [5.41, 5.74) is 0.513. The molecule has 3 rings (SSSR count). The number of halogens is 2. The molecule has 1 aromatic heterocycles. The topological polar surface area (TPSA) is 82.3 Å². The number of benzene rings is 1. The van der Waals surface area contributed by atoms with Crippen molar-refractivity contribution in [2.45, 2.75) is 0 Å². The van der Waals surface area contributed by atoms with Gasteiger partial charge in [0.15, 0.2) is 0 Å². The average molecular weight is 394 g/mol. The van der Waals surface area contributed by atoms with Crippen LogP contribution in [0.25, 0.3) is 6.08 Å². The lowest BCUT2D eigenvalue weighted by molar-refractivity contribution is -0.122. The first-order valence-electron chi connectivity index (χ1n) is 7.57. The molecule has 2 aromatic rings. The Morgan fingerprint density at radius 2 is 2.12 bits per heavy atom. The van der Waals surface area contributed by atoms with E-state index in [0.717, 1.165) is 16.7 Å². The van der Waals surface area contributed by atoms with E-state index in [0.29, 0.717) is 5.02 Å². The third kappa shape index (κ3) is 3.97. The van der Waals surface area contributed by atoms with E-state index in [1.807, 2.05) is 0 Å². The first-order valence-corrected chi connectivity index (χ1v) is 8.77. The molecule has 134 valence electrons. The zero-order valence-electron chi connectivity index (χ0n) is 13.3. The molecule has 1 aliphatic heterocycles. The van der Waals surface area contributed by atoms with Gasteiger partial charge in [-0.25, -0.2) is 4.39 Å². The second-order valence-electron chi connectivity index (χ2n) is 5.34. The Hall–Kier alpha value is -2.58. The molecule has 0 saturated carbocycles. The van der Waals surface area contributed by atoms with Crippen molar-refractivity contribution in [3.8, 4) is 0 Å². The highest BCUT2D eigenvalue weighted by Crippen LogP contribution is 2.32. The molecule has 0 bridgehead atoms. The van der Waals surface area contributed by atoms with Crippen LogP contribution in [0.3, 0.4) is 0 Å². The number of rotatable bonds is 5. The smallest absolute Gasteiger partial charge is 0.293 e. The van der Waals surface area contributed by atoms with Crippen LogP contribution in [0.2, 0.25) is 5.02 Å². The van der Waals surface area contributed by atoms with Crippen molar-refractivity contribution >= 4 is 46.5 Å². The molecule has 0 radical (unpaired) electrons. The van der Waals surface area contributed by atoms with Crippen molar-refractivity contribution in [1.29, 1.82) is 0 Å². The summed E-state index contributed by atoms with van der Waals surface area (Å²) in [5, 5.41) is 2.53. The normalized spacial score (nSPS) is 15.8. The lowest BCUT2D eigenvalue weighted by Gasteiger charge is -2.12. The lowest BCUT2D eigenvalue weighted by Crippen LogP contribution is -2.37. The van der Waals surface area contributed by atoms with Gasteiger partial charge in [0.05, 0.1) is 9.93 Å². The number of H-pyrrole nitrogens is 1. The van der Waals surface area contributed by atoms with E-state index in [9.17, 15) is 18.8 Å². The number of aromatic amines is 1. The van der Waals surface area contributed by atoms with E-state index in [4.69, 9.17) is 11.6 Å². The summed E-state index contributed by atoms with van der Waals surface area (Å²) in [4.78, 5) is 40.1. The van der Waals surface area contributed by atoms with Gasteiger partial charge in [-0.15, -0.1) is 0 Å². The Balaban J connectivity index is 1.61. The second kappa shape index (κ2) is 7.76. The maximum Gasteiger partial charge on any atom is 0.293 e. The van der Waals surface area contributed by atoms with E-state index in [1.54, 1.807) is 12.1 Å². The van der Waals surface area contributed by atoms with E-state index < -0.39 is 22.9 Å². The van der Waals surface area contributed by atoms with Crippen molar-refractivity contribution in [1.82, 2.24) is 15.2 Å². The Morgan fingerprint density at radius 1 is 1.35 bits per heavy atom. The predicted molar refractivity (Wildman–Crippen MR) is 97.2 cm³/mol. The van der Waals surface area contributed by atoms with E-state index in [2.05, 4.69) is 10.3 Å². The van der Waals surface area contributed by atoms with Gasteiger partial charge in [0.1, 0.15) is 11.5 Å². The molecule has 1 aromatic carbocycles. The Labute approximate surface area is 157 Å². The van der Waals surface area contributed by atoms with Crippen LogP contribution < -0.4 is 5.32 Å². The van der Waals surface area contributed by atoms with Gasteiger partial charge < -0.3 is 10.3 Å². The fourth-order valence-corrected chi connectivity index (χ4v) is 3.32. The molecule has 2 heterocycles. The standard InChI is InChI=1S/C17H13ClFN3O3S/c18-11-8-13(21-9-11)15(23)20-5-6-22-16(24)14(26-17(22)25)7-10-3-1-2-4-12(10)19/h1-4,7-9,21H,5-6H2,(H,20,23)/b14-7-. The number of aromatic nitrogens is 1. The van der Waals surface area contributed by atoms with Gasteiger partial charge in [-0.05, 0) is 30.0 Å². The molecular formula is C17H13ClFN3O3S. The maximum absolute atomic E-state index is 13.7. The van der Waals surface area contributed by atoms with Crippen molar-refractivity contribution in [2.75, 3.05) is 13.1 Å². The molecule has 3 amide bonds. The number of nitrogens with one attached hydrogen (secondary N) is 2. The van der Waals surface area contributed by atoms with Gasteiger partial charge in [-0.3, -0.25) is 19.3 Å². The third-order valence-electron chi connectivity index (χ3n) is 3.58. The van der Waals surface area contributed by atoms with Crippen molar-refractivity contribution in [2.24, 2.45) is 0 Å². The SMILES string of the molecule is O=C(NCCN1C(=O)S/C(=C\c2ccccc2F)C1=O)c1cc(Cl)c[nH]1. The molecule has 2 N–H and O–H groups in total. The maximum atomic E-state index is 13.7. The summed E-state index contributed by atoms with van der Waals surface area (Å²) in [6.45, 7) is 0.0972. The van der Waals surface area contributed by atoms with Crippen molar-refractivity contribution < 1.29 is 18.8 Å². The molecular weight excluding hydrogens is 381 g/mol. The van der Waals surface area contributed by atoms with Crippen LogP contribution >= 0.6 is 23.4 Å². The largest absolute Gasteiger partial charge is 0.356 e. The highest BCUT2D eigenvalue weighted by molar-refractivity contribution is 8.18. The summed E-state index contributed by atoms with van der Waals surface area (Å²) in [6, 6.07) is 7.44. The molecule has 0 spiro atoms. The molecule has 1 aliphatic rings. The minimum atomic E-state index is -0.513. The molecule has 9 heteroatoms. The van der Waals surface area contributed by atoms with Gasteiger partial charge in [-0.2, -0.15) is 0 Å².